The molecule has 2 heterocycles. The van der Waals surface area contributed by atoms with Gasteiger partial charge in [-0.1, -0.05) is 37.3 Å². The average molecular weight is 725 g/mol. The average Bonchev–Trinajstić information content (AvgIpc) is 3.06. The minimum Gasteiger partial charge on any atom is -0.456 e. The van der Waals surface area contributed by atoms with E-state index in [0.717, 1.165) is 5.56 Å². The summed E-state index contributed by atoms with van der Waals surface area (Å²) in [5, 5.41) is 58.1. The molecule has 0 bridgehead atoms. The molecule has 2 fully saturated rings. The van der Waals surface area contributed by atoms with Gasteiger partial charge in [0.2, 0.25) is 5.91 Å². The van der Waals surface area contributed by atoms with E-state index in [2.05, 4.69) is 0 Å². The summed E-state index contributed by atoms with van der Waals surface area (Å²) in [6.45, 7) is 13.7. The Morgan fingerprint density at radius 2 is 1.63 bits per heavy atom. The first kappa shape index (κ1) is 43.2. The van der Waals surface area contributed by atoms with Gasteiger partial charge in [0.25, 0.3) is 0 Å². The van der Waals surface area contributed by atoms with Crippen molar-refractivity contribution in [1.29, 1.82) is 0 Å². The second kappa shape index (κ2) is 17.3. The first-order chi connectivity index (χ1) is 23.6. The van der Waals surface area contributed by atoms with Crippen molar-refractivity contribution in [3.8, 4) is 0 Å². The Morgan fingerprint density at radius 3 is 2.24 bits per heavy atom. The van der Waals surface area contributed by atoms with Gasteiger partial charge in [0.1, 0.15) is 29.5 Å². The third kappa shape index (κ3) is 9.68. The van der Waals surface area contributed by atoms with Crippen molar-refractivity contribution in [3.05, 3.63) is 35.9 Å². The molecular formula is C38H64N2O11. The molecule has 1 aromatic rings. The van der Waals surface area contributed by atoms with Gasteiger partial charge < -0.3 is 49.4 Å². The Kier molecular flexibility index (Phi) is 14.7. The van der Waals surface area contributed by atoms with Crippen LogP contribution in [0.3, 0.4) is 0 Å². The molecule has 0 aliphatic carbocycles. The molecule has 0 spiro atoms. The van der Waals surface area contributed by atoms with Crippen LogP contribution in [-0.2, 0) is 35.1 Å². The molecule has 2 aliphatic rings. The van der Waals surface area contributed by atoms with Gasteiger partial charge in [-0.3, -0.25) is 14.5 Å². The maximum Gasteiger partial charge on any atom is 0.309 e. The van der Waals surface area contributed by atoms with Crippen LogP contribution in [0.4, 0.5) is 0 Å². The maximum absolute atomic E-state index is 13.3. The van der Waals surface area contributed by atoms with Crippen molar-refractivity contribution in [2.75, 3.05) is 20.7 Å². The summed E-state index contributed by atoms with van der Waals surface area (Å²) in [6.07, 6.45) is -6.08. The Labute approximate surface area is 303 Å². The highest BCUT2D eigenvalue weighted by molar-refractivity contribution is 5.77. The van der Waals surface area contributed by atoms with Crippen LogP contribution in [0, 0.1) is 0 Å². The Morgan fingerprint density at radius 1 is 1.00 bits per heavy atom. The Bertz CT molecular complexity index is 1280. The monoisotopic (exact) mass is 724 g/mol. The van der Waals surface area contributed by atoms with Crippen molar-refractivity contribution in [2.24, 2.45) is 0 Å². The quantitative estimate of drug-likeness (QED) is 0.248. The van der Waals surface area contributed by atoms with Crippen molar-refractivity contribution < 1.29 is 54.1 Å². The molecule has 292 valence electrons. The smallest absolute Gasteiger partial charge is 0.309 e. The zero-order chi connectivity index (χ0) is 38.5. The summed E-state index contributed by atoms with van der Waals surface area (Å²) < 4.78 is 23.7. The summed E-state index contributed by atoms with van der Waals surface area (Å²) >= 11 is 0. The lowest BCUT2D eigenvalue weighted by Gasteiger charge is -2.58. The molecule has 11 atom stereocenters. The van der Waals surface area contributed by atoms with Crippen molar-refractivity contribution in [2.45, 2.75) is 172 Å². The van der Waals surface area contributed by atoms with Crippen LogP contribution in [-0.4, -0.2) is 139 Å². The number of aliphatic hydroxyl groups is 5. The van der Waals surface area contributed by atoms with Crippen LogP contribution in [0.25, 0.3) is 0 Å². The van der Waals surface area contributed by atoms with Crippen LogP contribution >= 0.6 is 0 Å². The van der Waals surface area contributed by atoms with Crippen molar-refractivity contribution in [3.63, 3.8) is 0 Å². The van der Waals surface area contributed by atoms with Gasteiger partial charge in [0.15, 0.2) is 6.29 Å². The number of ether oxygens (including phenoxy) is 4. The van der Waals surface area contributed by atoms with Gasteiger partial charge in [0.05, 0.1) is 43.5 Å². The molecule has 2 aliphatic heterocycles. The number of aliphatic hydroxyl groups excluding tert-OH is 3. The lowest BCUT2D eigenvalue weighted by atomic mass is 9.63. The zero-order valence-corrected chi connectivity index (χ0v) is 32.2. The first-order valence-corrected chi connectivity index (χ1v) is 18.2. The van der Waals surface area contributed by atoms with Crippen LogP contribution in [0.1, 0.15) is 99.5 Å². The van der Waals surface area contributed by atoms with Crippen LogP contribution in [0.15, 0.2) is 30.3 Å². The third-order valence-corrected chi connectivity index (χ3v) is 12.1. The highest BCUT2D eigenvalue weighted by Crippen LogP contribution is 2.46. The van der Waals surface area contributed by atoms with Gasteiger partial charge in [-0.25, -0.2) is 0 Å². The number of hydrogen-bond acceptors (Lipinski definition) is 12. The molecule has 0 aromatic heterocycles. The number of amides is 1. The van der Waals surface area contributed by atoms with E-state index in [1.54, 1.807) is 41.7 Å². The van der Waals surface area contributed by atoms with E-state index in [9.17, 15) is 35.1 Å². The molecule has 13 heteroatoms. The number of benzene rings is 1. The third-order valence-electron chi connectivity index (χ3n) is 12.1. The summed E-state index contributed by atoms with van der Waals surface area (Å²) in [5.41, 5.74) is -5.40. The minimum atomic E-state index is -1.93. The fourth-order valence-electron chi connectivity index (χ4n) is 7.27. The summed E-state index contributed by atoms with van der Waals surface area (Å²) in [4.78, 5) is 29.7. The van der Waals surface area contributed by atoms with Gasteiger partial charge >= 0.3 is 5.97 Å². The molecular weight excluding hydrogens is 660 g/mol. The zero-order valence-electron chi connectivity index (χ0n) is 32.2. The van der Waals surface area contributed by atoms with Gasteiger partial charge in [-0.05, 0) is 86.8 Å². The molecule has 1 aromatic carbocycles. The fourth-order valence-corrected chi connectivity index (χ4v) is 7.27. The Hall–Kier alpha value is -2.20. The molecule has 0 radical (unpaired) electrons. The topological polar surface area (TPSA) is 179 Å². The summed E-state index contributed by atoms with van der Waals surface area (Å²) in [5.74, 6) is -1.13. The summed E-state index contributed by atoms with van der Waals surface area (Å²) in [6, 6.07) is 8.57. The summed E-state index contributed by atoms with van der Waals surface area (Å²) in [7, 11) is 3.41. The number of likely N-dealkylation sites (N-methyl/N-ethyl adjacent to an activating group) is 2. The standard InChI is InChI=1S/C38H64N2O11/c1-11-36(6)38(8,47)37(7,46)35(4,5)40(10)24(2)17-18-29(42)30(20-27(41)21-32(44)51-36)50-34-33(45)28(19-25(3)49-34)39(9)31(43)23-48-22-26-15-13-12-14-16-26/h12-16,24-25,27-30,33-34,41-42,45-47H,11,17-23H2,1-10H3/t24?,25-,27+,28+,29-,30-,33-,34+,36-,37-,38-/m1/s1. The number of esters is 1. The first-order valence-electron chi connectivity index (χ1n) is 18.2. The Balaban J connectivity index is 1.83. The number of carbonyl (C=O) groups excluding carboxylic acids is 2. The molecule has 3 rings (SSSR count). The SMILES string of the molecule is CC[C@@]1(C)OC(=O)C[C@@H](O)C[C@@H](O[C@@H]2O[C@H](C)C[C@H](N(C)C(=O)COCc3ccccc3)[C@H]2O)[C@H](O)CCC(C)N(C)C(C)(C)[C@@](C)(O)[C@]1(C)O. The maximum atomic E-state index is 13.3. The van der Waals surface area contributed by atoms with Crippen LogP contribution < -0.4 is 0 Å². The van der Waals surface area contributed by atoms with E-state index in [1.807, 2.05) is 49.2 Å². The molecule has 1 amide bonds. The molecule has 0 saturated carbocycles. The molecule has 5 N–H and O–H groups in total. The van der Waals surface area contributed by atoms with Crippen LogP contribution in [0.5, 0.6) is 0 Å². The van der Waals surface area contributed by atoms with E-state index in [1.165, 1.54) is 18.7 Å². The minimum absolute atomic E-state index is 0.171. The van der Waals surface area contributed by atoms with E-state index >= 15 is 0 Å². The van der Waals surface area contributed by atoms with Crippen molar-refractivity contribution >= 4 is 11.9 Å². The van der Waals surface area contributed by atoms with Gasteiger partial charge in [-0.2, -0.15) is 0 Å². The van der Waals surface area contributed by atoms with Gasteiger partial charge in [-0.15, -0.1) is 0 Å². The lowest BCUT2D eigenvalue weighted by molar-refractivity contribution is -0.280. The number of cyclic esters (lactones) is 1. The lowest BCUT2D eigenvalue weighted by Crippen LogP contribution is -2.75. The highest BCUT2D eigenvalue weighted by Gasteiger charge is 2.63. The predicted octanol–water partition coefficient (Wildman–Crippen LogP) is 2.52. The fraction of sp³-hybridized carbons (Fsp3) is 0.789. The number of carbonyl (C=O) groups is 2. The predicted molar refractivity (Wildman–Crippen MR) is 190 cm³/mol. The normalized spacial score (nSPS) is 39.0. The molecule has 51 heavy (non-hydrogen) atoms. The second-order valence-electron chi connectivity index (χ2n) is 15.7. The largest absolute Gasteiger partial charge is 0.456 e. The highest BCUT2D eigenvalue weighted by atomic mass is 16.7. The molecule has 1 unspecified atom stereocenters. The molecule has 13 nitrogen and oxygen atoms in total. The molecule has 2 saturated heterocycles. The number of hydrogen-bond donors (Lipinski definition) is 5. The van der Waals surface area contributed by atoms with E-state index in [-0.39, 0.29) is 44.4 Å². The number of nitrogens with zero attached hydrogens (tertiary/aromatic N) is 2. The van der Waals surface area contributed by atoms with E-state index in [0.29, 0.717) is 12.8 Å². The second-order valence-corrected chi connectivity index (χ2v) is 15.7. The van der Waals surface area contributed by atoms with Gasteiger partial charge in [0, 0.05) is 25.0 Å². The van der Waals surface area contributed by atoms with Crippen molar-refractivity contribution in [1.82, 2.24) is 9.80 Å². The van der Waals surface area contributed by atoms with E-state index < -0.39 is 77.6 Å². The van der Waals surface area contributed by atoms with Crippen LogP contribution in [0.2, 0.25) is 0 Å². The number of rotatable bonds is 8. The van der Waals surface area contributed by atoms with E-state index in [4.69, 9.17) is 18.9 Å².